The van der Waals surface area contributed by atoms with Crippen molar-refractivity contribution in [2.24, 2.45) is 0 Å². The topological polar surface area (TPSA) is 81.7 Å². The minimum Gasteiger partial charge on any atom is -0.343 e. The Morgan fingerprint density at radius 3 is 2.71 bits per heavy atom. The van der Waals surface area contributed by atoms with E-state index in [0.717, 1.165) is 12.8 Å². The first kappa shape index (κ1) is 15.6. The van der Waals surface area contributed by atoms with Crippen LogP contribution >= 0.6 is 12.0 Å². The molecule has 1 saturated heterocycles. The lowest BCUT2D eigenvalue weighted by Gasteiger charge is -2.22. The summed E-state index contributed by atoms with van der Waals surface area (Å²) in [6, 6.07) is 5.78. The van der Waals surface area contributed by atoms with Gasteiger partial charge in [0.15, 0.2) is 0 Å². The van der Waals surface area contributed by atoms with Crippen molar-refractivity contribution >= 4 is 29.5 Å². The first-order valence-electron chi connectivity index (χ1n) is 6.50. The molecule has 114 valence electrons. The van der Waals surface area contributed by atoms with Crippen molar-refractivity contribution < 1.29 is 18.6 Å². The Kier molecular flexibility index (Phi) is 5.40. The Labute approximate surface area is 125 Å². The van der Waals surface area contributed by atoms with E-state index in [1.165, 1.54) is 29.8 Å². The number of amides is 2. The Morgan fingerprint density at radius 2 is 2.10 bits per heavy atom. The number of likely N-dealkylation sites (tertiary alicyclic amines) is 1. The number of benzene rings is 1. The monoisotopic (exact) mass is 313 g/mol. The molecule has 1 aliphatic rings. The number of rotatable bonds is 5. The molecule has 2 rings (SSSR count). The molecule has 0 aliphatic carbocycles. The average Bonchev–Trinajstić information content (AvgIpc) is 3.01. The number of hydrogen-bond acceptors (Lipinski definition) is 5. The summed E-state index contributed by atoms with van der Waals surface area (Å²) < 4.78 is 21.2. The van der Waals surface area contributed by atoms with E-state index >= 15 is 0 Å². The fraction of sp³-hybridized carbons (Fsp3) is 0.385. The number of halogens is 1. The molecule has 2 amide bonds. The fourth-order valence-corrected chi connectivity index (χ4v) is 2.78. The van der Waals surface area contributed by atoms with Gasteiger partial charge in [-0.3, -0.25) is 9.59 Å². The van der Waals surface area contributed by atoms with Crippen LogP contribution < -0.4 is 10.9 Å². The molecule has 1 unspecified atom stereocenters. The third-order valence-corrected chi connectivity index (χ3v) is 4.03. The van der Waals surface area contributed by atoms with Crippen molar-refractivity contribution in [2.75, 3.05) is 18.6 Å². The van der Waals surface area contributed by atoms with Crippen molar-refractivity contribution in [1.82, 2.24) is 10.2 Å². The van der Waals surface area contributed by atoms with E-state index in [-0.39, 0.29) is 23.5 Å². The van der Waals surface area contributed by atoms with Gasteiger partial charge in [-0.2, -0.15) is 0 Å². The molecule has 1 atom stereocenters. The zero-order valence-electron chi connectivity index (χ0n) is 11.2. The highest BCUT2D eigenvalue weighted by molar-refractivity contribution is 7.94. The minimum absolute atomic E-state index is 0.126. The molecule has 21 heavy (non-hydrogen) atoms. The predicted octanol–water partition coefficient (Wildman–Crippen LogP) is 1.87. The Bertz CT molecular complexity index is 512. The Morgan fingerprint density at radius 1 is 1.38 bits per heavy atom. The lowest BCUT2D eigenvalue weighted by molar-refractivity contribution is -0.129. The first-order valence-corrected chi connectivity index (χ1v) is 7.34. The number of carbonyl (C=O) groups is 2. The van der Waals surface area contributed by atoms with Gasteiger partial charge in [-0.25, -0.2) is 5.54 Å². The third kappa shape index (κ3) is 3.85. The summed E-state index contributed by atoms with van der Waals surface area (Å²) in [7, 11) is 0. The first-order chi connectivity index (χ1) is 10.2. The van der Waals surface area contributed by atoms with Crippen LogP contribution in [0.15, 0.2) is 24.3 Å². The molecule has 0 radical (unpaired) electrons. The van der Waals surface area contributed by atoms with Crippen molar-refractivity contribution in [3.05, 3.63) is 29.8 Å². The summed E-state index contributed by atoms with van der Waals surface area (Å²) in [6.45, 7) is 0.461. The van der Waals surface area contributed by atoms with Gasteiger partial charge in [0, 0.05) is 24.2 Å². The second-order valence-corrected chi connectivity index (χ2v) is 5.40. The standard InChI is InChI=1S/C13H16FN3O3S/c14-16-10-5-3-9(4-6-10)13(19)15-8-11(18)17-7-1-2-12(17)21-20/h3-6,12,16,20H,1-2,7-8H2,(H,15,19). The quantitative estimate of drug-likeness (QED) is 0.571. The van der Waals surface area contributed by atoms with Crippen LogP contribution in [0, 0.1) is 0 Å². The molecule has 1 aliphatic heterocycles. The molecule has 1 aromatic rings. The van der Waals surface area contributed by atoms with Gasteiger partial charge < -0.3 is 14.8 Å². The summed E-state index contributed by atoms with van der Waals surface area (Å²) >= 11 is 0.654. The summed E-state index contributed by atoms with van der Waals surface area (Å²) in [5, 5.41) is 2.29. The van der Waals surface area contributed by atoms with Crippen LogP contribution in [0.4, 0.5) is 10.2 Å². The van der Waals surface area contributed by atoms with Gasteiger partial charge in [0.25, 0.3) is 5.91 Å². The molecule has 1 heterocycles. The number of carbonyl (C=O) groups excluding carboxylic acids is 2. The van der Waals surface area contributed by atoms with Gasteiger partial charge in [-0.05, 0) is 37.1 Å². The Hall–Kier alpha value is -1.80. The maximum Gasteiger partial charge on any atom is 0.251 e. The molecule has 1 aromatic carbocycles. The van der Waals surface area contributed by atoms with Gasteiger partial charge in [-0.1, -0.05) is 0 Å². The molecule has 0 bridgehead atoms. The van der Waals surface area contributed by atoms with Crippen LogP contribution in [0.25, 0.3) is 0 Å². The van der Waals surface area contributed by atoms with E-state index < -0.39 is 5.91 Å². The smallest absolute Gasteiger partial charge is 0.251 e. The van der Waals surface area contributed by atoms with Crippen molar-refractivity contribution in [3.8, 4) is 0 Å². The SMILES string of the molecule is O=C(NCC(=O)N1CCCC1SO)c1ccc(NF)cc1. The minimum atomic E-state index is -0.402. The van der Waals surface area contributed by atoms with Crippen LogP contribution in [0.2, 0.25) is 0 Å². The fourth-order valence-electron chi connectivity index (χ4n) is 2.18. The zero-order valence-corrected chi connectivity index (χ0v) is 12.0. The van der Waals surface area contributed by atoms with Crippen molar-refractivity contribution in [2.45, 2.75) is 18.2 Å². The van der Waals surface area contributed by atoms with Gasteiger partial charge in [0.2, 0.25) is 5.91 Å². The number of anilines is 1. The predicted molar refractivity (Wildman–Crippen MR) is 78.5 cm³/mol. The van der Waals surface area contributed by atoms with Gasteiger partial charge in [0.1, 0.15) is 5.37 Å². The molecule has 0 aromatic heterocycles. The van der Waals surface area contributed by atoms with Crippen LogP contribution in [0.5, 0.6) is 0 Å². The molecular weight excluding hydrogens is 297 g/mol. The Balaban J connectivity index is 1.86. The third-order valence-electron chi connectivity index (χ3n) is 3.30. The lowest BCUT2D eigenvalue weighted by Crippen LogP contribution is -2.41. The summed E-state index contributed by atoms with van der Waals surface area (Å²) in [5.74, 6) is -0.629. The highest BCUT2D eigenvalue weighted by Gasteiger charge is 2.28. The van der Waals surface area contributed by atoms with Crippen LogP contribution in [0.1, 0.15) is 23.2 Å². The molecule has 6 nitrogen and oxygen atoms in total. The number of nitrogens with one attached hydrogen (secondary N) is 2. The molecule has 0 saturated carbocycles. The lowest BCUT2D eigenvalue weighted by atomic mass is 10.2. The zero-order chi connectivity index (χ0) is 15.2. The van der Waals surface area contributed by atoms with E-state index in [9.17, 15) is 14.1 Å². The highest BCUT2D eigenvalue weighted by Crippen LogP contribution is 2.24. The van der Waals surface area contributed by atoms with E-state index in [1.54, 1.807) is 4.90 Å². The van der Waals surface area contributed by atoms with Gasteiger partial charge in [-0.15, -0.1) is 4.48 Å². The van der Waals surface area contributed by atoms with E-state index in [2.05, 4.69) is 5.32 Å². The summed E-state index contributed by atoms with van der Waals surface area (Å²) in [6.07, 6.45) is 1.59. The molecule has 0 spiro atoms. The second kappa shape index (κ2) is 7.28. The summed E-state index contributed by atoms with van der Waals surface area (Å²) in [5.41, 5.74) is 2.07. The molecule has 3 N–H and O–H groups in total. The molecule has 1 fully saturated rings. The van der Waals surface area contributed by atoms with Gasteiger partial charge >= 0.3 is 0 Å². The highest BCUT2D eigenvalue weighted by atomic mass is 32.2. The largest absolute Gasteiger partial charge is 0.343 e. The van der Waals surface area contributed by atoms with Crippen molar-refractivity contribution in [1.29, 1.82) is 0 Å². The van der Waals surface area contributed by atoms with E-state index in [1.807, 2.05) is 0 Å². The van der Waals surface area contributed by atoms with E-state index in [4.69, 9.17) is 4.55 Å². The van der Waals surface area contributed by atoms with E-state index in [0.29, 0.717) is 24.2 Å². The number of nitrogens with zero attached hydrogens (tertiary/aromatic N) is 1. The summed E-state index contributed by atoms with van der Waals surface area (Å²) in [4.78, 5) is 25.4. The number of hydrogen-bond donors (Lipinski definition) is 3. The van der Waals surface area contributed by atoms with Crippen molar-refractivity contribution in [3.63, 3.8) is 0 Å². The van der Waals surface area contributed by atoms with Gasteiger partial charge in [0.05, 0.1) is 12.2 Å². The van der Waals surface area contributed by atoms with Crippen LogP contribution in [-0.4, -0.2) is 39.7 Å². The normalized spacial score (nSPS) is 17.6. The average molecular weight is 313 g/mol. The molecular formula is C13H16FN3O3S. The maximum atomic E-state index is 12.1. The van der Waals surface area contributed by atoms with Crippen LogP contribution in [0.3, 0.4) is 0 Å². The molecule has 8 heteroatoms. The van der Waals surface area contributed by atoms with Crippen LogP contribution in [-0.2, 0) is 4.79 Å². The maximum absolute atomic E-state index is 12.1. The second-order valence-electron chi connectivity index (χ2n) is 4.64.